The van der Waals surface area contributed by atoms with Gasteiger partial charge in [0.2, 0.25) is 0 Å². The highest BCUT2D eigenvalue weighted by Crippen LogP contribution is 2.34. The number of hydrogen-bond donors (Lipinski definition) is 1. The topological polar surface area (TPSA) is 24.9 Å². The fourth-order valence-corrected chi connectivity index (χ4v) is 3.08. The second-order valence-corrected chi connectivity index (χ2v) is 6.91. The van der Waals surface area contributed by atoms with Gasteiger partial charge in [-0.15, -0.1) is 0 Å². The van der Waals surface area contributed by atoms with Crippen LogP contribution in [0.2, 0.25) is 0 Å². The zero-order valence-corrected chi connectivity index (χ0v) is 12.7. The van der Waals surface area contributed by atoms with Gasteiger partial charge in [-0.25, -0.2) is 0 Å². The number of nitrogens with one attached hydrogen (secondary N) is 1. The van der Waals surface area contributed by atoms with E-state index in [9.17, 15) is 0 Å². The predicted octanol–water partition coefficient (Wildman–Crippen LogP) is 4.35. The molecule has 106 valence electrons. The van der Waals surface area contributed by atoms with Gasteiger partial charge in [-0.05, 0) is 53.4 Å². The molecule has 1 aromatic heterocycles. The Balaban J connectivity index is 2.16. The fraction of sp³-hybridized carbons (Fsp3) is 0.500. The maximum Gasteiger partial charge on any atom is 0.0346 e. The van der Waals surface area contributed by atoms with Crippen LogP contribution in [0.1, 0.15) is 57.2 Å². The molecule has 2 heteroatoms. The van der Waals surface area contributed by atoms with Gasteiger partial charge >= 0.3 is 0 Å². The first-order chi connectivity index (χ1) is 9.55. The highest BCUT2D eigenvalue weighted by atomic mass is 14.9. The fourth-order valence-electron chi connectivity index (χ4n) is 3.08. The Morgan fingerprint density at radius 2 is 2.05 bits per heavy atom. The molecule has 0 saturated carbocycles. The lowest BCUT2D eigenvalue weighted by molar-refractivity contribution is 0.413. The van der Waals surface area contributed by atoms with E-state index in [2.05, 4.69) is 49.3 Å². The summed E-state index contributed by atoms with van der Waals surface area (Å²) in [5, 5.41) is 6.31. The van der Waals surface area contributed by atoms with Crippen molar-refractivity contribution >= 4 is 10.8 Å². The zero-order valence-electron chi connectivity index (χ0n) is 12.7. The van der Waals surface area contributed by atoms with E-state index in [0.717, 1.165) is 6.54 Å². The van der Waals surface area contributed by atoms with Gasteiger partial charge in [0.25, 0.3) is 0 Å². The molecular weight excluding hydrogens is 244 g/mol. The Labute approximate surface area is 121 Å². The molecule has 2 nitrogen and oxygen atoms in total. The van der Waals surface area contributed by atoms with Crippen LogP contribution in [0.5, 0.6) is 0 Å². The van der Waals surface area contributed by atoms with E-state index in [-0.39, 0.29) is 5.41 Å². The molecule has 1 unspecified atom stereocenters. The normalized spacial score (nSPS) is 20.2. The van der Waals surface area contributed by atoms with Gasteiger partial charge in [-0.3, -0.25) is 4.98 Å². The molecule has 2 aromatic rings. The summed E-state index contributed by atoms with van der Waals surface area (Å²) in [6, 6.07) is 7.36. The monoisotopic (exact) mass is 268 g/mol. The molecule has 1 atom stereocenters. The summed E-state index contributed by atoms with van der Waals surface area (Å²) in [7, 11) is 0. The van der Waals surface area contributed by atoms with E-state index in [1.54, 1.807) is 0 Å². The summed E-state index contributed by atoms with van der Waals surface area (Å²) < 4.78 is 0. The third-order valence-corrected chi connectivity index (χ3v) is 4.34. The van der Waals surface area contributed by atoms with Crippen LogP contribution in [0.4, 0.5) is 0 Å². The molecule has 0 bridgehead atoms. The van der Waals surface area contributed by atoms with Crippen LogP contribution in [0.15, 0.2) is 30.6 Å². The quantitative estimate of drug-likeness (QED) is 0.832. The molecule has 1 fully saturated rings. The molecule has 0 aliphatic carbocycles. The Bertz CT molecular complexity index is 604. The Hall–Kier alpha value is -1.41. The van der Waals surface area contributed by atoms with Crippen molar-refractivity contribution in [2.75, 3.05) is 6.54 Å². The van der Waals surface area contributed by atoms with Crippen molar-refractivity contribution in [1.82, 2.24) is 10.3 Å². The van der Waals surface area contributed by atoms with Crippen molar-refractivity contribution in [3.63, 3.8) is 0 Å². The van der Waals surface area contributed by atoms with Crippen molar-refractivity contribution in [2.45, 2.75) is 51.5 Å². The maximum atomic E-state index is 4.30. The first-order valence-electron chi connectivity index (χ1n) is 7.67. The molecule has 1 aromatic carbocycles. The summed E-state index contributed by atoms with van der Waals surface area (Å²) in [6.07, 6.45) is 7.77. The van der Waals surface area contributed by atoms with Crippen molar-refractivity contribution in [3.05, 3.63) is 41.7 Å². The molecule has 2 heterocycles. The standard InChI is InChI=1S/C18H24N2/c1-18(2,3)14-10-13-12-19-9-7-15(13)16(11-14)17-6-4-5-8-20-17/h7,9-12,17,20H,4-6,8H2,1-3H3. The highest BCUT2D eigenvalue weighted by molar-refractivity contribution is 5.86. The third kappa shape index (κ3) is 2.57. The number of hydrogen-bond acceptors (Lipinski definition) is 2. The lowest BCUT2D eigenvalue weighted by Crippen LogP contribution is -2.27. The SMILES string of the molecule is CC(C)(C)c1cc(C2CCCCN2)c2ccncc2c1. The molecule has 0 radical (unpaired) electrons. The number of piperidine rings is 1. The van der Waals surface area contributed by atoms with Crippen LogP contribution in [-0.4, -0.2) is 11.5 Å². The molecule has 1 saturated heterocycles. The second-order valence-electron chi connectivity index (χ2n) is 6.91. The summed E-state index contributed by atoms with van der Waals surface area (Å²) in [4.78, 5) is 4.30. The van der Waals surface area contributed by atoms with Gasteiger partial charge in [0.05, 0.1) is 0 Å². The molecule has 1 aliphatic heterocycles. The van der Waals surface area contributed by atoms with Crippen molar-refractivity contribution < 1.29 is 0 Å². The average Bonchev–Trinajstić information content (AvgIpc) is 2.46. The first-order valence-corrected chi connectivity index (χ1v) is 7.67. The van der Waals surface area contributed by atoms with Crippen LogP contribution in [0.25, 0.3) is 10.8 Å². The smallest absolute Gasteiger partial charge is 0.0346 e. The van der Waals surface area contributed by atoms with Gasteiger partial charge in [0.1, 0.15) is 0 Å². The Kier molecular flexibility index (Phi) is 3.51. The summed E-state index contributed by atoms with van der Waals surface area (Å²) in [5.41, 5.74) is 3.03. The highest BCUT2D eigenvalue weighted by Gasteiger charge is 2.21. The molecular formula is C18H24N2. The van der Waals surface area contributed by atoms with Gasteiger partial charge in [-0.1, -0.05) is 33.3 Å². The summed E-state index contributed by atoms with van der Waals surface area (Å²) >= 11 is 0. The minimum absolute atomic E-state index is 0.174. The Morgan fingerprint density at radius 3 is 2.75 bits per heavy atom. The van der Waals surface area contributed by atoms with E-state index in [1.165, 1.54) is 41.2 Å². The van der Waals surface area contributed by atoms with Crippen LogP contribution in [0.3, 0.4) is 0 Å². The zero-order chi connectivity index (χ0) is 14.2. The summed E-state index contributed by atoms with van der Waals surface area (Å²) in [5.74, 6) is 0. The molecule has 20 heavy (non-hydrogen) atoms. The average molecular weight is 268 g/mol. The van der Waals surface area contributed by atoms with E-state index < -0.39 is 0 Å². The van der Waals surface area contributed by atoms with Gasteiger partial charge in [0, 0.05) is 23.8 Å². The van der Waals surface area contributed by atoms with E-state index in [0.29, 0.717) is 6.04 Å². The number of benzene rings is 1. The van der Waals surface area contributed by atoms with Crippen LogP contribution in [-0.2, 0) is 5.41 Å². The first kappa shape index (κ1) is 13.6. The van der Waals surface area contributed by atoms with Gasteiger partial charge in [0.15, 0.2) is 0 Å². The van der Waals surface area contributed by atoms with Crippen LogP contribution in [0, 0.1) is 0 Å². The summed E-state index contributed by atoms with van der Waals surface area (Å²) in [6.45, 7) is 7.98. The number of nitrogens with zero attached hydrogens (tertiary/aromatic N) is 1. The molecule has 3 rings (SSSR count). The third-order valence-electron chi connectivity index (χ3n) is 4.34. The van der Waals surface area contributed by atoms with Crippen molar-refractivity contribution in [2.24, 2.45) is 0 Å². The second kappa shape index (κ2) is 5.17. The number of fused-ring (bicyclic) bond motifs is 1. The number of pyridine rings is 1. The van der Waals surface area contributed by atoms with Gasteiger partial charge < -0.3 is 5.32 Å². The van der Waals surface area contributed by atoms with Crippen molar-refractivity contribution in [3.8, 4) is 0 Å². The Morgan fingerprint density at radius 1 is 1.20 bits per heavy atom. The molecule has 1 aliphatic rings. The molecule has 0 spiro atoms. The molecule has 1 N–H and O–H groups in total. The minimum atomic E-state index is 0.174. The lowest BCUT2D eigenvalue weighted by atomic mass is 9.82. The van der Waals surface area contributed by atoms with Crippen LogP contribution < -0.4 is 5.32 Å². The predicted molar refractivity (Wildman–Crippen MR) is 85.0 cm³/mol. The number of rotatable bonds is 1. The van der Waals surface area contributed by atoms with E-state index in [1.807, 2.05) is 12.4 Å². The van der Waals surface area contributed by atoms with E-state index in [4.69, 9.17) is 0 Å². The molecule has 0 amide bonds. The minimum Gasteiger partial charge on any atom is -0.310 e. The number of aromatic nitrogens is 1. The van der Waals surface area contributed by atoms with Crippen LogP contribution >= 0.6 is 0 Å². The van der Waals surface area contributed by atoms with Crippen molar-refractivity contribution in [1.29, 1.82) is 0 Å². The maximum absolute atomic E-state index is 4.30. The lowest BCUT2D eigenvalue weighted by Gasteiger charge is -2.28. The van der Waals surface area contributed by atoms with E-state index >= 15 is 0 Å². The van der Waals surface area contributed by atoms with Gasteiger partial charge in [-0.2, -0.15) is 0 Å². The largest absolute Gasteiger partial charge is 0.310 e.